The van der Waals surface area contributed by atoms with E-state index in [4.69, 9.17) is 9.15 Å². The van der Waals surface area contributed by atoms with E-state index in [0.29, 0.717) is 35.4 Å². The van der Waals surface area contributed by atoms with Crippen molar-refractivity contribution in [1.29, 1.82) is 0 Å². The van der Waals surface area contributed by atoms with Crippen LogP contribution < -0.4 is 15.3 Å². The fourth-order valence-corrected chi connectivity index (χ4v) is 4.36. The zero-order chi connectivity index (χ0) is 21.8. The lowest BCUT2D eigenvalue weighted by Crippen LogP contribution is -2.36. The Morgan fingerprint density at radius 2 is 2.06 bits per heavy atom. The van der Waals surface area contributed by atoms with Gasteiger partial charge in [-0.2, -0.15) is 0 Å². The number of rotatable bonds is 7. The largest absolute Gasteiger partial charge is 0.492 e. The third kappa shape index (κ3) is 4.40. The van der Waals surface area contributed by atoms with Gasteiger partial charge < -0.3 is 14.1 Å². The van der Waals surface area contributed by atoms with Gasteiger partial charge in [0.2, 0.25) is 0 Å². The van der Waals surface area contributed by atoms with E-state index in [1.807, 2.05) is 30.3 Å². The number of halogens is 1. The highest BCUT2D eigenvalue weighted by molar-refractivity contribution is 9.09. The summed E-state index contributed by atoms with van der Waals surface area (Å²) in [5.74, 6) is 0.244. The SMILES string of the molecule is CCCCc1cc(=O)oc2c(C(=O)N3CCCc4ccccc43)c(OCCBr)ccc12. The molecule has 0 bridgehead atoms. The quantitative estimate of drug-likeness (QED) is 0.328. The van der Waals surface area contributed by atoms with Gasteiger partial charge in [-0.1, -0.05) is 47.5 Å². The van der Waals surface area contributed by atoms with Crippen LogP contribution in [0, 0.1) is 0 Å². The summed E-state index contributed by atoms with van der Waals surface area (Å²) in [5.41, 5.74) is 3.17. The predicted molar refractivity (Wildman–Crippen MR) is 127 cm³/mol. The van der Waals surface area contributed by atoms with Crippen LogP contribution >= 0.6 is 15.9 Å². The highest BCUT2D eigenvalue weighted by atomic mass is 79.9. The first-order valence-corrected chi connectivity index (χ1v) is 11.9. The van der Waals surface area contributed by atoms with Gasteiger partial charge in [-0.3, -0.25) is 4.79 Å². The van der Waals surface area contributed by atoms with Crippen molar-refractivity contribution in [2.75, 3.05) is 23.4 Å². The number of hydrogen-bond acceptors (Lipinski definition) is 4. The Morgan fingerprint density at radius 1 is 1.23 bits per heavy atom. The fraction of sp³-hybridized carbons (Fsp3) is 0.360. The highest BCUT2D eigenvalue weighted by Crippen LogP contribution is 2.34. The van der Waals surface area contributed by atoms with Gasteiger partial charge >= 0.3 is 5.63 Å². The van der Waals surface area contributed by atoms with E-state index >= 15 is 0 Å². The maximum Gasteiger partial charge on any atom is 0.336 e. The maximum absolute atomic E-state index is 13.9. The Morgan fingerprint density at radius 3 is 2.87 bits per heavy atom. The predicted octanol–water partition coefficient (Wildman–Crippen LogP) is 5.50. The van der Waals surface area contributed by atoms with E-state index < -0.39 is 5.63 Å². The van der Waals surface area contributed by atoms with Crippen molar-refractivity contribution in [1.82, 2.24) is 0 Å². The number of hydrogen-bond donors (Lipinski definition) is 0. The molecule has 3 aromatic rings. The van der Waals surface area contributed by atoms with Gasteiger partial charge in [0.25, 0.3) is 5.91 Å². The summed E-state index contributed by atoms with van der Waals surface area (Å²) in [7, 11) is 0. The Hall–Kier alpha value is -2.60. The molecule has 2 heterocycles. The van der Waals surface area contributed by atoms with Gasteiger partial charge in [0.1, 0.15) is 11.3 Å². The second-order valence-corrected chi connectivity index (χ2v) is 8.53. The highest BCUT2D eigenvalue weighted by Gasteiger charge is 2.29. The summed E-state index contributed by atoms with van der Waals surface area (Å²) in [4.78, 5) is 28.1. The van der Waals surface area contributed by atoms with Gasteiger partial charge in [0.05, 0.1) is 6.61 Å². The molecule has 6 heteroatoms. The van der Waals surface area contributed by atoms with Gasteiger partial charge in [0.15, 0.2) is 5.58 Å². The van der Waals surface area contributed by atoms with Crippen molar-refractivity contribution in [3.05, 3.63) is 69.6 Å². The first-order chi connectivity index (χ1) is 15.1. The number of aryl methyl sites for hydroxylation is 2. The molecular weight excluding hydrogens is 458 g/mol. The van der Waals surface area contributed by atoms with Crippen LogP contribution in [0.4, 0.5) is 5.69 Å². The number of ether oxygens (including phenoxy) is 1. The zero-order valence-corrected chi connectivity index (χ0v) is 19.2. The summed E-state index contributed by atoms with van der Waals surface area (Å²) in [6, 6.07) is 13.2. The molecule has 162 valence electrons. The van der Waals surface area contributed by atoms with E-state index in [1.165, 1.54) is 0 Å². The first-order valence-electron chi connectivity index (χ1n) is 10.8. The number of alkyl halides is 1. The van der Waals surface area contributed by atoms with Crippen LogP contribution in [0.1, 0.15) is 47.7 Å². The smallest absolute Gasteiger partial charge is 0.336 e. The van der Waals surface area contributed by atoms with E-state index in [9.17, 15) is 9.59 Å². The molecule has 2 aromatic carbocycles. The minimum Gasteiger partial charge on any atom is -0.492 e. The molecule has 0 N–H and O–H groups in total. The number of anilines is 1. The molecule has 0 saturated heterocycles. The number of carbonyl (C=O) groups excluding carboxylic acids is 1. The van der Waals surface area contributed by atoms with E-state index in [1.54, 1.807) is 11.0 Å². The molecule has 31 heavy (non-hydrogen) atoms. The number of nitrogens with zero attached hydrogens (tertiary/aromatic N) is 1. The average molecular weight is 484 g/mol. The Labute approximate surface area is 190 Å². The van der Waals surface area contributed by atoms with Crippen molar-refractivity contribution in [3.8, 4) is 5.75 Å². The van der Waals surface area contributed by atoms with Gasteiger partial charge in [-0.05, 0) is 55.0 Å². The van der Waals surface area contributed by atoms with Crippen LogP contribution in [0.3, 0.4) is 0 Å². The molecule has 0 aliphatic carbocycles. The van der Waals surface area contributed by atoms with Crippen LogP contribution in [0.25, 0.3) is 11.0 Å². The maximum atomic E-state index is 13.9. The average Bonchev–Trinajstić information content (AvgIpc) is 2.79. The lowest BCUT2D eigenvalue weighted by molar-refractivity contribution is 0.0982. The van der Waals surface area contributed by atoms with Gasteiger partial charge in [-0.15, -0.1) is 0 Å². The molecule has 1 aromatic heterocycles. The molecule has 0 saturated carbocycles. The molecule has 4 rings (SSSR count). The van der Waals surface area contributed by atoms with Crippen LogP contribution in [0.15, 0.2) is 51.7 Å². The van der Waals surface area contributed by atoms with Crippen molar-refractivity contribution in [2.24, 2.45) is 0 Å². The number of unbranched alkanes of at least 4 members (excludes halogenated alkanes) is 1. The van der Waals surface area contributed by atoms with Crippen molar-refractivity contribution in [3.63, 3.8) is 0 Å². The first kappa shape index (κ1) is 21.6. The van der Waals surface area contributed by atoms with E-state index in [-0.39, 0.29) is 5.91 Å². The number of fused-ring (bicyclic) bond motifs is 2. The Bertz CT molecular complexity index is 1150. The Kier molecular flexibility index (Phi) is 6.76. The topological polar surface area (TPSA) is 59.8 Å². The molecule has 1 aliphatic heterocycles. The third-order valence-corrected chi connectivity index (χ3v) is 5.99. The third-order valence-electron chi connectivity index (χ3n) is 5.66. The molecule has 5 nitrogen and oxygen atoms in total. The van der Waals surface area contributed by atoms with Crippen LogP contribution in [0.5, 0.6) is 5.75 Å². The number of amides is 1. The monoisotopic (exact) mass is 483 g/mol. The molecule has 0 spiro atoms. The fourth-order valence-electron chi connectivity index (χ4n) is 4.20. The molecule has 0 unspecified atom stereocenters. The molecular formula is C25H26BrNO4. The van der Waals surface area contributed by atoms with E-state index in [0.717, 1.165) is 54.3 Å². The van der Waals surface area contributed by atoms with Crippen LogP contribution in [-0.4, -0.2) is 24.4 Å². The Balaban J connectivity index is 1.89. The number of benzene rings is 2. The molecule has 0 radical (unpaired) electrons. The summed E-state index contributed by atoms with van der Waals surface area (Å²) < 4.78 is 11.5. The van der Waals surface area contributed by atoms with Crippen LogP contribution in [0.2, 0.25) is 0 Å². The van der Waals surface area contributed by atoms with Gasteiger partial charge in [-0.25, -0.2) is 4.79 Å². The number of carbonyl (C=O) groups is 1. The minimum absolute atomic E-state index is 0.196. The summed E-state index contributed by atoms with van der Waals surface area (Å²) >= 11 is 3.37. The van der Waals surface area contributed by atoms with Crippen LogP contribution in [-0.2, 0) is 12.8 Å². The van der Waals surface area contributed by atoms with Crippen molar-refractivity contribution >= 4 is 38.5 Å². The van der Waals surface area contributed by atoms with Gasteiger partial charge in [0, 0.05) is 29.0 Å². The van der Waals surface area contributed by atoms with E-state index in [2.05, 4.69) is 28.9 Å². The second kappa shape index (κ2) is 9.69. The summed E-state index contributed by atoms with van der Waals surface area (Å²) in [5, 5.41) is 1.43. The second-order valence-electron chi connectivity index (χ2n) is 7.74. The number of para-hydroxylation sites is 1. The molecule has 1 amide bonds. The van der Waals surface area contributed by atoms with Crippen molar-refractivity contribution in [2.45, 2.75) is 39.0 Å². The zero-order valence-electron chi connectivity index (χ0n) is 17.7. The lowest BCUT2D eigenvalue weighted by Gasteiger charge is -2.30. The molecule has 0 fully saturated rings. The summed E-state index contributed by atoms with van der Waals surface area (Å²) in [6.45, 7) is 3.13. The molecule has 1 aliphatic rings. The normalized spacial score (nSPS) is 13.3. The lowest BCUT2D eigenvalue weighted by atomic mass is 9.98. The molecule has 0 atom stereocenters. The summed E-state index contributed by atoms with van der Waals surface area (Å²) in [6.07, 6.45) is 4.57. The minimum atomic E-state index is -0.440. The standard InChI is InChI=1S/C25H26BrNO4/c1-2-3-7-18-16-22(28)31-24-19(18)11-12-21(30-15-13-26)23(24)25(29)27-14-6-9-17-8-4-5-10-20(17)27/h4-5,8,10-12,16H,2-3,6-7,9,13-15H2,1H3. The van der Waals surface area contributed by atoms with Crippen molar-refractivity contribution < 1.29 is 13.9 Å².